The number of aryl methyl sites for hydroxylation is 1. The van der Waals surface area contributed by atoms with Gasteiger partial charge in [-0.05, 0) is 62.7 Å². The number of rotatable bonds is 6. The number of nitrogens with zero attached hydrogens (tertiary/aromatic N) is 1. The molecule has 0 aliphatic heterocycles. The molecule has 0 unspecified atom stereocenters. The van der Waals surface area contributed by atoms with Crippen molar-refractivity contribution in [2.24, 2.45) is 0 Å². The minimum atomic E-state index is -0.423. The number of hydrogen-bond acceptors (Lipinski definition) is 5. The second-order valence-corrected chi connectivity index (χ2v) is 6.33. The van der Waals surface area contributed by atoms with Crippen LogP contribution >= 0.6 is 24.0 Å². The second kappa shape index (κ2) is 9.62. The zero-order chi connectivity index (χ0) is 19.4. The predicted octanol–water partition coefficient (Wildman–Crippen LogP) is 5.94. The molecule has 1 N–H and O–H groups in total. The van der Waals surface area contributed by atoms with E-state index in [1.165, 1.54) is 6.20 Å². The summed E-state index contributed by atoms with van der Waals surface area (Å²) >= 11 is 6.23. The highest BCUT2D eigenvalue weighted by Gasteiger charge is 2.18. The summed E-state index contributed by atoms with van der Waals surface area (Å²) in [6.07, 6.45) is 1.53. The molecule has 0 saturated heterocycles. The van der Waals surface area contributed by atoms with Gasteiger partial charge in [0.2, 0.25) is 0 Å². The third kappa shape index (κ3) is 4.49. The van der Waals surface area contributed by atoms with E-state index in [9.17, 15) is 4.79 Å². The van der Waals surface area contributed by atoms with Crippen molar-refractivity contribution < 1.29 is 14.3 Å². The maximum atomic E-state index is 12.4. The molecule has 1 heterocycles. The quantitative estimate of drug-likeness (QED) is 0.500. The summed E-state index contributed by atoms with van der Waals surface area (Å²) < 4.78 is 10.7. The Morgan fingerprint density at radius 1 is 1.11 bits per heavy atom. The number of nitrogens with one attached hydrogen (secondary N) is 1. The molecule has 5 nitrogen and oxygen atoms in total. The SMILES string of the molecule is CCOC(=O)c1cnc2c(C)c(Cl)ccc2c1Nc1ccc(OCC)cc1.Cl. The highest BCUT2D eigenvalue weighted by atomic mass is 35.5. The number of carbonyl (C=O) groups is 1. The van der Waals surface area contributed by atoms with Crippen LogP contribution in [0.5, 0.6) is 5.75 Å². The molecule has 0 aliphatic rings. The van der Waals surface area contributed by atoms with Gasteiger partial charge < -0.3 is 14.8 Å². The zero-order valence-corrected chi connectivity index (χ0v) is 17.5. The topological polar surface area (TPSA) is 60.5 Å². The highest BCUT2D eigenvalue weighted by molar-refractivity contribution is 6.32. The molecule has 0 spiro atoms. The summed E-state index contributed by atoms with van der Waals surface area (Å²) in [6.45, 7) is 6.51. The number of fused-ring (bicyclic) bond motifs is 1. The maximum Gasteiger partial charge on any atom is 0.341 e. The van der Waals surface area contributed by atoms with Crippen molar-refractivity contribution in [3.63, 3.8) is 0 Å². The van der Waals surface area contributed by atoms with Crippen LogP contribution in [0.1, 0.15) is 29.8 Å². The Hall–Kier alpha value is -2.50. The van der Waals surface area contributed by atoms with E-state index >= 15 is 0 Å². The molecular formula is C21H22Cl2N2O3. The number of pyridine rings is 1. The number of ether oxygens (including phenoxy) is 2. The zero-order valence-electron chi connectivity index (χ0n) is 15.9. The molecule has 3 aromatic rings. The summed E-state index contributed by atoms with van der Waals surface area (Å²) in [4.78, 5) is 16.9. The number of halogens is 2. The predicted molar refractivity (Wildman–Crippen MR) is 116 cm³/mol. The van der Waals surface area contributed by atoms with Crippen LogP contribution in [0.3, 0.4) is 0 Å². The molecule has 148 valence electrons. The Kier molecular flexibility index (Phi) is 7.49. The number of hydrogen-bond donors (Lipinski definition) is 1. The van der Waals surface area contributed by atoms with Gasteiger partial charge in [0.05, 0.1) is 24.4 Å². The highest BCUT2D eigenvalue weighted by Crippen LogP contribution is 2.33. The summed E-state index contributed by atoms with van der Waals surface area (Å²) in [5.41, 5.74) is 3.44. The van der Waals surface area contributed by atoms with Gasteiger partial charge in [-0.25, -0.2) is 4.79 Å². The van der Waals surface area contributed by atoms with Crippen molar-refractivity contribution in [1.29, 1.82) is 0 Å². The Balaban J connectivity index is 0.00000280. The summed E-state index contributed by atoms with van der Waals surface area (Å²) in [5.74, 6) is 0.365. The van der Waals surface area contributed by atoms with Crippen LogP contribution in [-0.4, -0.2) is 24.2 Å². The molecular weight excluding hydrogens is 399 g/mol. The molecule has 0 saturated carbocycles. The van der Waals surface area contributed by atoms with Crippen LogP contribution in [0.2, 0.25) is 5.02 Å². The molecule has 0 fully saturated rings. The van der Waals surface area contributed by atoms with E-state index in [2.05, 4.69) is 10.3 Å². The van der Waals surface area contributed by atoms with Crippen LogP contribution in [0.15, 0.2) is 42.6 Å². The average Bonchev–Trinajstić information content (AvgIpc) is 2.67. The molecule has 0 amide bonds. The minimum absolute atomic E-state index is 0. The Morgan fingerprint density at radius 2 is 1.82 bits per heavy atom. The number of carbonyl (C=O) groups excluding carboxylic acids is 1. The largest absolute Gasteiger partial charge is 0.494 e. The number of anilines is 2. The molecule has 0 bridgehead atoms. The molecule has 28 heavy (non-hydrogen) atoms. The van der Waals surface area contributed by atoms with Crippen LogP contribution in [0.25, 0.3) is 10.9 Å². The molecule has 0 atom stereocenters. The van der Waals surface area contributed by atoms with Crippen molar-refractivity contribution in [2.45, 2.75) is 20.8 Å². The van der Waals surface area contributed by atoms with Crippen LogP contribution in [-0.2, 0) is 4.74 Å². The van der Waals surface area contributed by atoms with Crippen molar-refractivity contribution in [3.05, 3.63) is 58.7 Å². The molecule has 1 aromatic heterocycles. The fourth-order valence-corrected chi connectivity index (χ4v) is 2.98. The van der Waals surface area contributed by atoms with Crippen molar-refractivity contribution >= 4 is 52.3 Å². The average molecular weight is 421 g/mol. The van der Waals surface area contributed by atoms with Crippen LogP contribution in [0.4, 0.5) is 11.4 Å². The first kappa shape index (κ1) is 21.8. The smallest absolute Gasteiger partial charge is 0.341 e. The standard InChI is InChI=1S/C21H21ClN2O3.ClH/c1-4-26-15-8-6-14(7-9-15)24-20-16-10-11-18(22)13(3)19(16)23-12-17(20)21(25)27-5-2;/h6-12H,4-5H2,1-3H3,(H,23,24);1H. The Morgan fingerprint density at radius 3 is 2.46 bits per heavy atom. The van der Waals surface area contributed by atoms with Gasteiger partial charge in [0.25, 0.3) is 0 Å². The first-order valence-electron chi connectivity index (χ1n) is 8.80. The van der Waals surface area contributed by atoms with E-state index in [1.54, 1.807) is 13.0 Å². The number of esters is 1. The number of aromatic nitrogens is 1. The Labute approximate surface area is 175 Å². The van der Waals surface area contributed by atoms with E-state index in [0.29, 0.717) is 29.5 Å². The maximum absolute atomic E-state index is 12.4. The minimum Gasteiger partial charge on any atom is -0.494 e. The lowest BCUT2D eigenvalue weighted by Crippen LogP contribution is -2.09. The lowest BCUT2D eigenvalue weighted by Gasteiger charge is -2.16. The molecule has 7 heteroatoms. The lowest BCUT2D eigenvalue weighted by atomic mass is 10.1. The Bertz CT molecular complexity index is 976. The van der Waals surface area contributed by atoms with Gasteiger partial charge in [-0.2, -0.15) is 0 Å². The van der Waals surface area contributed by atoms with Crippen LogP contribution in [0, 0.1) is 6.92 Å². The van der Waals surface area contributed by atoms with Gasteiger partial charge in [0.15, 0.2) is 0 Å². The van der Waals surface area contributed by atoms with E-state index in [1.807, 2.05) is 44.2 Å². The van der Waals surface area contributed by atoms with Crippen LogP contribution < -0.4 is 10.1 Å². The summed E-state index contributed by atoms with van der Waals surface area (Å²) in [7, 11) is 0. The third-order valence-electron chi connectivity index (χ3n) is 4.16. The van der Waals surface area contributed by atoms with Crippen molar-refractivity contribution in [3.8, 4) is 5.75 Å². The third-order valence-corrected chi connectivity index (χ3v) is 4.57. The van der Waals surface area contributed by atoms with Gasteiger partial charge in [-0.15, -0.1) is 12.4 Å². The van der Waals surface area contributed by atoms with Gasteiger partial charge in [-0.3, -0.25) is 4.98 Å². The van der Waals surface area contributed by atoms with Crippen molar-refractivity contribution in [2.75, 3.05) is 18.5 Å². The van der Waals surface area contributed by atoms with E-state index in [0.717, 1.165) is 27.9 Å². The monoisotopic (exact) mass is 420 g/mol. The van der Waals surface area contributed by atoms with E-state index in [-0.39, 0.29) is 12.4 Å². The van der Waals surface area contributed by atoms with Gasteiger partial charge in [-0.1, -0.05) is 11.6 Å². The summed E-state index contributed by atoms with van der Waals surface area (Å²) in [6, 6.07) is 11.2. The molecule has 0 radical (unpaired) electrons. The fraction of sp³-hybridized carbons (Fsp3) is 0.238. The molecule has 0 aliphatic carbocycles. The normalized spacial score (nSPS) is 10.3. The van der Waals surface area contributed by atoms with E-state index in [4.69, 9.17) is 21.1 Å². The fourth-order valence-electron chi connectivity index (χ4n) is 2.83. The summed E-state index contributed by atoms with van der Waals surface area (Å²) in [5, 5.41) is 4.76. The van der Waals surface area contributed by atoms with Gasteiger partial charge in [0, 0.05) is 22.3 Å². The lowest BCUT2D eigenvalue weighted by molar-refractivity contribution is 0.0527. The first-order valence-corrected chi connectivity index (χ1v) is 9.17. The van der Waals surface area contributed by atoms with E-state index < -0.39 is 5.97 Å². The second-order valence-electron chi connectivity index (χ2n) is 5.92. The van der Waals surface area contributed by atoms with Crippen molar-refractivity contribution in [1.82, 2.24) is 4.98 Å². The molecule has 3 rings (SSSR count). The first-order chi connectivity index (χ1) is 13.0. The van der Waals surface area contributed by atoms with Gasteiger partial charge >= 0.3 is 5.97 Å². The van der Waals surface area contributed by atoms with Gasteiger partial charge in [0.1, 0.15) is 11.3 Å². The number of benzene rings is 2. The molecule has 2 aromatic carbocycles.